The van der Waals surface area contributed by atoms with Crippen molar-refractivity contribution in [3.05, 3.63) is 95.2 Å². The molecular formula is C35H36N4O4. The number of carbonyl (C=O) groups excluding carboxylic acids is 3. The Labute approximate surface area is 251 Å². The maximum atomic E-state index is 14.1. The average Bonchev–Trinajstić information content (AvgIpc) is 3.51. The fourth-order valence-corrected chi connectivity index (χ4v) is 7.08. The number of nitrogens with one attached hydrogen (secondary N) is 2. The molecule has 2 unspecified atom stereocenters. The molecule has 220 valence electrons. The summed E-state index contributed by atoms with van der Waals surface area (Å²) in [6, 6.07) is 21.2. The summed E-state index contributed by atoms with van der Waals surface area (Å²) in [6.45, 7) is 0. The number of urea groups is 1. The number of hydrogen-bond acceptors (Lipinski definition) is 4. The van der Waals surface area contributed by atoms with Gasteiger partial charge in [-0.2, -0.15) is 0 Å². The Hall–Kier alpha value is -4.59. The lowest BCUT2D eigenvalue weighted by molar-refractivity contribution is -0.120. The maximum absolute atomic E-state index is 14.1. The van der Waals surface area contributed by atoms with Crippen LogP contribution < -0.4 is 15.0 Å². The Morgan fingerprint density at radius 1 is 0.884 bits per heavy atom. The van der Waals surface area contributed by atoms with E-state index in [2.05, 4.69) is 16.4 Å². The van der Waals surface area contributed by atoms with Crippen LogP contribution in [0.1, 0.15) is 78.2 Å². The number of ether oxygens (including phenoxy) is 1. The standard InChI is InChI=1S/C35H36N4O4/c1-43-26-19-15-22(16-20-26)32-31-28(27-11-7-8-12-29(27)37-31)21-30-34(41)38(35(42)39(30)32)25-17-13-23(14-18-25)33(40)36-24-9-5-3-2-4-6-10-24/h7-8,11-20,24,30,32,37H,2-6,9-10,21H2,1H3,(H,36,40). The minimum atomic E-state index is -0.645. The zero-order chi connectivity index (χ0) is 29.5. The first-order chi connectivity index (χ1) is 21.0. The zero-order valence-electron chi connectivity index (χ0n) is 24.3. The van der Waals surface area contributed by atoms with Crippen molar-refractivity contribution < 1.29 is 19.1 Å². The average molecular weight is 577 g/mol. The van der Waals surface area contributed by atoms with E-state index in [-0.39, 0.29) is 23.9 Å². The third kappa shape index (κ3) is 4.84. The second-order valence-electron chi connectivity index (χ2n) is 11.9. The first-order valence-corrected chi connectivity index (χ1v) is 15.3. The molecule has 1 aliphatic carbocycles. The van der Waals surface area contributed by atoms with Crippen LogP contribution >= 0.6 is 0 Å². The smallest absolute Gasteiger partial charge is 0.332 e. The molecule has 0 radical (unpaired) electrons. The molecule has 4 amide bonds. The number of benzene rings is 3. The first kappa shape index (κ1) is 27.3. The van der Waals surface area contributed by atoms with Gasteiger partial charge in [0.2, 0.25) is 0 Å². The lowest BCUT2D eigenvalue weighted by atomic mass is 9.89. The topological polar surface area (TPSA) is 94.7 Å². The summed E-state index contributed by atoms with van der Waals surface area (Å²) in [5, 5.41) is 4.26. The van der Waals surface area contributed by atoms with Gasteiger partial charge < -0.3 is 15.0 Å². The van der Waals surface area contributed by atoms with Gasteiger partial charge in [-0.1, -0.05) is 62.4 Å². The predicted octanol–water partition coefficient (Wildman–Crippen LogP) is 6.50. The quantitative estimate of drug-likeness (QED) is 0.265. The summed E-state index contributed by atoms with van der Waals surface area (Å²) in [5.41, 5.74) is 4.85. The molecule has 3 aromatic carbocycles. The number of imide groups is 1. The van der Waals surface area contributed by atoms with Crippen molar-refractivity contribution in [1.29, 1.82) is 0 Å². The van der Waals surface area contributed by atoms with Gasteiger partial charge >= 0.3 is 6.03 Å². The van der Waals surface area contributed by atoms with Crippen molar-refractivity contribution >= 4 is 34.4 Å². The molecule has 8 nitrogen and oxygen atoms in total. The van der Waals surface area contributed by atoms with E-state index in [4.69, 9.17) is 4.74 Å². The van der Waals surface area contributed by atoms with Gasteiger partial charge in [0.05, 0.1) is 12.8 Å². The Morgan fingerprint density at radius 2 is 1.58 bits per heavy atom. The van der Waals surface area contributed by atoms with Crippen molar-refractivity contribution in [3.63, 3.8) is 0 Å². The minimum absolute atomic E-state index is 0.112. The Morgan fingerprint density at radius 3 is 2.30 bits per heavy atom. The summed E-state index contributed by atoms with van der Waals surface area (Å²) in [4.78, 5) is 47.7. The monoisotopic (exact) mass is 576 g/mol. The van der Waals surface area contributed by atoms with E-state index in [9.17, 15) is 14.4 Å². The van der Waals surface area contributed by atoms with Crippen molar-refractivity contribution in [2.75, 3.05) is 12.0 Å². The third-order valence-electron chi connectivity index (χ3n) is 9.31. The Kier molecular flexibility index (Phi) is 7.13. The van der Waals surface area contributed by atoms with Crippen LogP contribution in [-0.4, -0.2) is 46.9 Å². The van der Waals surface area contributed by atoms with Gasteiger partial charge in [0.25, 0.3) is 11.8 Å². The van der Waals surface area contributed by atoms with E-state index in [1.165, 1.54) is 24.2 Å². The number of fused-ring (bicyclic) bond motifs is 4. The largest absolute Gasteiger partial charge is 0.497 e. The van der Waals surface area contributed by atoms with Crippen molar-refractivity contribution in [2.45, 2.75) is 69.5 Å². The molecule has 0 bridgehead atoms. The molecular weight excluding hydrogens is 540 g/mol. The number of anilines is 1. The molecule has 8 heteroatoms. The number of H-pyrrole nitrogens is 1. The molecule has 2 atom stereocenters. The summed E-state index contributed by atoms with van der Waals surface area (Å²) in [7, 11) is 1.62. The number of para-hydroxylation sites is 1. The number of aromatic amines is 1. The lowest BCUT2D eigenvalue weighted by Crippen LogP contribution is -2.44. The van der Waals surface area contributed by atoms with Gasteiger partial charge in [-0.05, 0) is 66.4 Å². The maximum Gasteiger partial charge on any atom is 0.332 e. The van der Waals surface area contributed by atoms with Crippen LogP contribution in [0.15, 0.2) is 72.8 Å². The predicted molar refractivity (Wildman–Crippen MR) is 165 cm³/mol. The molecule has 1 saturated carbocycles. The number of amides is 4. The fraction of sp³-hybridized carbons (Fsp3) is 0.343. The van der Waals surface area contributed by atoms with Crippen LogP contribution in [0.4, 0.5) is 10.5 Å². The Bertz CT molecular complexity index is 1670. The van der Waals surface area contributed by atoms with Crippen molar-refractivity contribution in [1.82, 2.24) is 15.2 Å². The normalized spacial score (nSPS) is 20.9. The van der Waals surface area contributed by atoms with E-state index < -0.39 is 12.1 Å². The highest BCUT2D eigenvalue weighted by atomic mass is 16.5. The molecule has 3 heterocycles. The van der Waals surface area contributed by atoms with E-state index in [1.54, 1.807) is 36.3 Å². The van der Waals surface area contributed by atoms with Crippen LogP contribution in [0.2, 0.25) is 0 Å². The van der Waals surface area contributed by atoms with Crippen molar-refractivity contribution in [2.24, 2.45) is 0 Å². The first-order valence-electron chi connectivity index (χ1n) is 15.3. The molecule has 4 aromatic rings. The summed E-state index contributed by atoms with van der Waals surface area (Å²) in [6.07, 6.45) is 8.42. The molecule has 2 aliphatic heterocycles. The lowest BCUT2D eigenvalue weighted by Gasteiger charge is -2.36. The van der Waals surface area contributed by atoms with Gasteiger partial charge in [-0.25, -0.2) is 9.69 Å². The van der Waals surface area contributed by atoms with E-state index in [1.807, 2.05) is 42.5 Å². The van der Waals surface area contributed by atoms with Crippen LogP contribution in [-0.2, 0) is 11.2 Å². The SMILES string of the molecule is COc1ccc(C2c3[nH]c4ccccc4c3CC3C(=O)N(c4ccc(C(=O)NC5CCCCCCC5)cc4)C(=O)N32)cc1. The van der Waals surface area contributed by atoms with Crippen LogP contribution in [0.3, 0.4) is 0 Å². The van der Waals surface area contributed by atoms with Crippen molar-refractivity contribution in [3.8, 4) is 5.75 Å². The Balaban J connectivity index is 1.19. The van der Waals surface area contributed by atoms with Crippen LogP contribution in [0.5, 0.6) is 5.75 Å². The number of carbonyl (C=O) groups is 3. The van der Waals surface area contributed by atoms with Crippen LogP contribution in [0.25, 0.3) is 10.9 Å². The summed E-state index contributed by atoms with van der Waals surface area (Å²) in [5.74, 6) is 0.349. The molecule has 2 fully saturated rings. The second kappa shape index (κ2) is 11.2. The zero-order valence-corrected chi connectivity index (χ0v) is 24.3. The highest BCUT2D eigenvalue weighted by Crippen LogP contribution is 2.45. The molecule has 43 heavy (non-hydrogen) atoms. The number of rotatable bonds is 5. The third-order valence-corrected chi connectivity index (χ3v) is 9.31. The van der Waals surface area contributed by atoms with Gasteiger partial charge in [0, 0.05) is 34.6 Å². The number of aromatic nitrogens is 1. The van der Waals surface area contributed by atoms with Gasteiger partial charge in [-0.3, -0.25) is 14.5 Å². The number of methoxy groups -OCH3 is 1. The van der Waals surface area contributed by atoms with Crippen LogP contribution in [0, 0.1) is 0 Å². The van der Waals surface area contributed by atoms with E-state index >= 15 is 0 Å². The van der Waals surface area contributed by atoms with E-state index in [0.717, 1.165) is 59.2 Å². The van der Waals surface area contributed by atoms with Gasteiger partial charge in [0.15, 0.2) is 0 Å². The number of hydrogen-bond donors (Lipinski definition) is 2. The molecule has 0 spiro atoms. The minimum Gasteiger partial charge on any atom is -0.497 e. The highest BCUT2D eigenvalue weighted by molar-refractivity contribution is 6.22. The molecule has 1 saturated heterocycles. The molecule has 1 aromatic heterocycles. The van der Waals surface area contributed by atoms with Gasteiger partial charge in [0.1, 0.15) is 17.8 Å². The summed E-state index contributed by atoms with van der Waals surface area (Å²) < 4.78 is 5.37. The molecule has 7 rings (SSSR count). The number of nitrogens with zero attached hydrogens (tertiary/aromatic N) is 2. The summed E-state index contributed by atoms with van der Waals surface area (Å²) >= 11 is 0. The highest BCUT2D eigenvalue weighted by Gasteiger charge is 2.53. The van der Waals surface area contributed by atoms with Gasteiger partial charge in [-0.15, -0.1) is 0 Å². The fourth-order valence-electron chi connectivity index (χ4n) is 7.08. The van der Waals surface area contributed by atoms with E-state index in [0.29, 0.717) is 17.7 Å². The second-order valence-corrected chi connectivity index (χ2v) is 11.9. The molecule has 2 N–H and O–H groups in total. The molecule has 3 aliphatic rings.